The molecule has 0 bridgehead atoms. The molecule has 1 aromatic rings. The number of nitrogens with zero attached hydrogens (tertiary/aromatic N) is 1. The molecule has 1 aromatic carbocycles. The number of esters is 1. The SMILES string of the molecule is COC(=O)c1cccc(NN2CCCCC2)c1N. The average molecular weight is 249 g/mol. The summed E-state index contributed by atoms with van der Waals surface area (Å²) in [4.78, 5) is 11.5. The number of piperidine rings is 1. The van der Waals surface area contributed by atoms with Gasteiger partial charge < -0.3 is 15.9 Å². The van der Waals surface area contributed by atoms with Crippen LogP contribution in [0, 0.1) is 0 Å². The molecule has 1 fully saturated rings. The third-order valence-electron chi connectivity index (χ3n) is 3.15. The summed E-state index contributed by atoms with van der Waals surface area (Å²) in [5.41, 5.74) is 10.9. The lowest BCUT2D eigenvalue weighted by Crippen LogP contribution is -2.35. The second-order valence-corrected chi connectivity index (χ2v) is 4.42. The molecule has 0 aromatic heterocycles. The van der Waals surface area contributed by atoms with Gasteiger partial charge in [-0.2, -0.15) is 0 Å². The van der Waals surface area contributed by atoms with E-state index in [1.165, 1.54) is 26.4 Å². The highest BCUT2D eigenvalue weighted by Gasteiger charge is 2.15. The number of nitrogens with one attached hydrogen (secondary N) is 1. The van der Waals surface area contributed by atoms with Gasteiger partial charge in [-0.05, 0) is 25.0 Å². The number of nitrogens with two attached hydrogens (primary N) is 1. The van der Waals surface area contributed by atoms with Gasteiger partial charge in [0.25, 0.3) is 0 Å². The van der Waals surface area contributed by atoms with Crippen molar-refractivity contribution in [3.8, 4) is 0 Å². The van der Waals surface area contributed by atoms with Gasteiger partial charge in [0.1, 0.15) is 0 Å². The Balaban J connectivity index is 2.15. The number of hydrazine groups is 1. The third kappa shape index (κ3) is 2.73. The molecule has 1 saturated heterocycles. The number of hydrogen-bond donors (Lipinski definition) is 2. The Morgan fingerprint density at radius 1 is 1.33 bits per heavy atom. The van der Waals surface area contributed by atoms with Crippen molar-refractivity contribution >= 4 is 17.3 Å². The van der Waals surface area contributed by atoms with Crippen LogP contribution < -0.4 is 11.2 Å². The number of methoxy groups -OCH3 is 1. The number of ether oxygens (including phenoxy) is 1. The summed E-state index contributed by atoms with van der Waals surface area (Å²) in [5.74, 6) is -0.408. The molecule has 18 heavy (non-hydrogen) atoms. The molecule has 2 rings (SSSR count). The Kier molecular flexibility index (Phi) is 4.04. The fraction of sp³-hybridized carbons (Fsp3) is 0.462. The minimum atomic E-state index is -0.408. The average Bonchev–Trinajstić information content (AvgIpc) is 2.41. The van der Waals surface area contributed by atoms with Gasteiger partial charge in [-0.25, -0.2) is 9.80 Å². The highest BCUT2D eigenvalue weighted by atomic mass is 16.5. The first kappa shape index (κ1) is 12.7. The molecule has 0 atom stereocenters. The van der Waals surface area contributed by atoms with Crippen molar-refractivity contribution in [2.45, 2.75) is 19.3 Å². The number of benzene rings is 1. The van der Waals surface area contributed by atoms with E-state index in [1.54, 1.807) is 12.1 Å². The Morgan fingerprint density at radius 2 is 2.06 bits per heavy atom. The molecule has 1 heterocycles. The summed E-state index contributed by atoms with van der Waals surface area (Å²) in [7, 11) is 1.35. The van der Waals surface area contributed by atoms with E-state index >= 15 is 0 Å². The van der Waals surface area contributed by atoms with E-state index in [9.17, 15) is 4.79 Å². The number of para-hydroxylation sites is 1. The van der Waals surface area contributed by atoms with Crippen LogP contribution in [0.2, 0.25) is 0 Å². The molecule has 5 nitrogen and oxygen atoms in total. The summed E-state index contributed by atoms with van der Waals surface area (Å²) in [5, 5.41) is 2.14. The van der Waals surface area contributed by atoms with Crippen LogP contribution in [0.1, 0.15) is 29.6 Å². The summed E-state index contributed by atoms with van der Waals surface area (Å²) in [6, 6.07) is 5.34. The van der Waals surface area contributed by atoms with Crippen LogP contribution in [0.4, 0.5) is 11.4 Å². The van der Waals surface area contributed by atoms with E-state index in [0.717, 1.165) is 18.8 Å². The Morgan fingerprint density at radius 3 is 2.72 bits per heavy atom. The van der Waals surface area contributed by atoms with E-state index in [4.69, 9.17) is 10.5 Å². The fourth-order valence-corrected chi connectivity index (χ4v) is 2.13. The third-order valence-corrected chi connectivity index (χ3v) is 3.15. The number of rotatable bonds is 3. The van der Waals surface area contributed by atoms with Crippen LogP contribution in [-0.4, -0.2) is 31.2 Å². The predicted octanol–water partition coefficient (Wildman–Crippen LogP) is 1.87. The molecular weight excluding hydrogens is 230 g/mol. The summed E-state index contributed by atoms with van der Waals surface area (Å²) < 4.78 is 4.70. The molecule has 0 saturated carbocycles. The lowest BCUT2D eigenvalue weighted by atomic mass is 10.1. The molecule has 0 unspecified atom stereocenters. The Hall–Kier alpha value is -1.75. The smallest absolute Gasteiger partial charge is 0.340 e. The fourth-order valence-electron chi connectivity index (χ4n) is 2.13. The van der Waals surface area contributed by atoms with E-state index in [1.807, 2.05) is 6.07 Å². The van der Waals surface area contributed by atoms with Gasteiger partial charge in [0.2, 0.25) is 0 Å². The molecule has 0 aliphatic carbocycles. The lowest BCUT2D eigenvalue weighted by molar-refractivity contribution is 0.0602. The van der Waals surface area contributed by atoms with Gasteiger partial charge in [-0.1, -0.05) is 12.5 Å². The van der Waals surface area contributed by atoms with Crippen molar-refractivity contribution in [3.63, 3.8) is 0 Å². The number of carbonyl (C=O) groups excluding carboxylic acids is 1. The second-order valence-electron chi connectivity index (χ2n) is 4.42. The van der Waals surface area contributed by atoms with Crippen LogP contribution in [-0.2, 0) is 4.74 Å². The van der Waals surface area contributed by atoms with Gasteiger partial charge in [0.15, 0.2) is 0 Å². The minimum Gasteiger partial charge on any atom is -0.465 e. The quantitative estimate of drug-likeness (QED) is 0.632. The first-order valence-electron chi connectivity index (χ1n) is 6.21. The normalized spacial score (nSPS) is 16.3. The maximum Gasteiger partial charge on any atom is 0.340 e. The van der Waals surface area contributed by atoms with Crippen LogP contribution in [0.25, 0.3) is 0 Å². The van der Waals surface area contributed by atoms with Gasteiger partial charge >= 0.3 is 5.97 Å². The van der Waals surface area contributed by atoms with Crippen molar-refractivity contribution in [2.75, 3.05) is 31.4 Å². The largest absolute Gasteiger partial charge is 0.465 e. The molecule has 5 heteroatoms. The van der Waals surface area contributed by atoms with Crippen LogP contribution in [0.5, 0.6) is 0 Å². The lowest BCUT2D eigenvalue weighted by Gasteiger charge is -2.28. The Labute approximate surface area is 107 Å². The van der Waals surface area contributed by atoms with E-state index in [0.29, 0.717) is 11.3 Å². The number of hydrogen-bond acceptors (Lipinski definition) is 5. The molecule has 0 spiro atoms. The second kappa shape index (κ2) is 5.73. The van der Waals surface area contributed by atoms with E-state index in [2.05, 4.69) is 10.4 Å². The first-order valence-corrected chi connectivity index (χ1v) is 6.21. The zero-order chi connectivity index (χ0) is 13.0. The molecule has 1 aliphatic heterocycles. The monoisotopic (exact) mass is 249 g/mol. The maximum absolute atomic E-state index is 11.5. The predicted molar refractivity (Wildman–Crippen MR) is 71.2 cm³/mol. The maximum atomic E-state index is 11.5. The molecule has 0 radical (unpaired) electrons. The van der Waals surface area contributed by atoms with Crippen molar-refractivity contribution in [1.29, 1.82) is 0 Å². The topological polar surface area (TPSA) is 67.6 Å². The van der Waals surface area contributed by atoms with Gasteiger partial charge in [0.05, 0.1) is 24.0 Å². The standard InChI is InChI=1S/C13H19N3O2/c1-18-13(17)10-6-5-7-11(12(10)14)15-16-8-3-2-4-9-16/h5-7,15H,2-4,8-9,14H2,1H3. The van der Waals surface area contributed by atoms with Crippen molar-refractivity contribution < 1.29 is 9.53 Å². The highest BCUT2D eigenvalue weighted by molar-refractivity contribution is 5.98. The van der Waals surface area contributed by atoms with E-state index in [-0.39, 0.29) is 0 Å². The molecule has 1 aliphatic rings. The zero-order valence-corrected chi connectivity index (χ0v) is 10.6. The van der Waals surface area contributed by atoms with Crippen molar-refractivity contribution in [2.24, 2.45) is 0 Å². The summed E-state index contributed by atoms with van der Waals surface area (Å²) in [6.45, 7) is 2.00. The number of carbonyl (C=O) groups is 1. The molecule has 3 N–H and O–H groups in total. The van der Waals surface area contributed by atoms with Gasteiger partial charge in [-0.15, -0.1) is 0 Å². The highest BCUT2D eigenvalue weighted by Crippen LogP contribution is 2.24. The van der Waals surface area contributed by atoms with Crippen molar-refractivity contribution in [3.05, 3.63) is 23.8 Å². The van der Waals surface area contributed by atoms with Crippen LogP contribution in [0.15, 0.2) is 18.2 Å². The number of nitrogen functional groups attached to an aromatic ring is 1. The van der Waals surface area contributed by atoms with Gasteiger partial charge in [-0.3, -0.25) is 0 Å². The minimum absolute atomic E-state index is 0.402. The van der Waals surface area contributed by atoms with Crippen LogP contribution in [0.3, 0.4) is 0 Å². The van der Waals surface area contributed by atoms with Crippen LogP contribution >= 0.6 is 0 Å². The summed E-state index contributed by atoms with van der Waals surface area (Å²) >= 11 is 0. The molecule has 98 valence electrons. The van der Waals surface area contributed by atoms with Crippen molar-refractivity contribution in [1.82, 2.24) is 5.01 Å². The van der Waals surface area contributed by atoms with Gasteiger partial charge in [0, 0.05) is 13.1 Å². The Bertz CT molecular complexity index is 428. The molecular formula is C13H19N3O2. The summed E-state index contributed by atoms with van der Waals surface area (Å²) in [6.07, 6.45) is 3.64. The molecule has 0 amide bonds. The van der Waals surface area contributed by atoms with E-state index < -0.39 is 5.97 Å². The zero-order valence-electron chi connectivity index (χ0n) is 10.6. The number of anilines is 2. The first-order chi connectivity index (χ1) is 8.72.